The van der Waals surface area contributed by atoms with Crippen LogP contribution in [0.2, 0.25) is 0 Å². The summed E-state index contributed by atoms with van der Waals surface area (Å²) in [6, 6.07) is 7.03. The lowest BCUT2D eigenvalue weighted by Crippen LogP contribution is -2.27. The van der Waals surface area contributed by atoms with Gasteiger partial charge in [0.1, 0.15) is 11.6 Å². The first-order chi connectivity index (χ1) is 11.0. The number of non-ortho nitro benzene ring substituents is 1. The van der Waals surface area contributed by atoms with Crippen molar-refractivity contribution in [3.8, 4) is 6.07 Å². The molecule has 0 fully saturated rings. The van der Waals surface area contributed by atoms with E-state index in [1.165, 1.54) is 44.7 Å². The number of nitro benzene ring substituents is 1. The Balaban J connectivity index is 2.66. The summed E-state index contributed by atoms with van der Waals surface area (Å²) < 4.78 is 9.90. The molecule has 0 aliphatic heterocycles. The molecule has 0 saturated carbocycles. The van der Waals surface area contributed by atoms with Crippen molar-refractivity contribution in [2.24, 2.45) is 0 Å². The second kappa shape index (κ2) is 9.14. The SMILES string of the molecule is COC(CN/C=C(/C#N)C(=O)Nc1ccc([N+](=O)[O-])cc1)OC. The van der Waals surface area contributed by atoms with E-state index in [1.807, 2.05) is 0 Å². The van der Waals surface area contributed by atoms with Crippen molar-refractivity contribution in [3.63, 3.8) is 0 Å². The second-order valence-corrected chi connectivity index (χ2v) is 4.24. The number of carbonyl (C=O) groups excluding carboxylic acids is 1. The maximum Gasteiger partial charge on any atom is 0.269 e. The number of ether oxygens (including phenoxy) is 2. The molecular weight excluding hydrogens is 304 g/mol. The minimum Gasteiger partial charge on any atom is -0.385 e. The van der Waals surface area contributed by atoms with Gasteiger partial charge in [0.05, 0.1) is 11.5 Å². The summed E-state index contributed by atoms with van der Waals surface area (Å²) in [5.41, 5.74) is 0.0913. The molecule has 1 rings (SSSR count). The van der Waals surface area contributed by atoms with Gasteiger partial charge in [-0.15, -0.1) is 0 Å². The third-order valence-corrected chi connectivity index (χ3v) is 2.76. The highest BCUT2D eigenvalue weighted by Gasteiger charge is 2.11. The molecule has 1 aromatic rings. The number of benzene rings is 1. The molecule has 9 nitrogen and oxygen atoms in total. The van der Waals surface area contributed by atoms with Gasteiger partial charge in [0, 0.05) is 38.2 Å². The molecule has 0 unspecified atom stereocenters. The van der Waals surface area contributed by atoms with Gasteiger partial charge in [-0.25, -0.2) is 0 Å². The van der Waals surface area contributed by atoms with Gasteiger partial charge in [0.25, 0.3) is 11.6 Å². The van der Waals surface area contributed by atoms with E-state index >= 15 is 0 Å². The smallest absolute Gasteiger partial charge is 0.269 e. The molecule has 0 atom stereocenters. The van der Waals surface area contributed by atoms with Crippen LogP contribution in [0.3, 0.4) is 0 Å². The molecule has 0 spiro atoms. The van der Waals surface area contributed by atoms with Gasteiger partial charge in [-0.05, 0) is 12.1 Å². The van der Waals surface area contributed by atoms with Gasteiger partial charge in [-0.2, -0.15) is 5.26 Å². The number of hydrogen-bond donors (Lipinski definition) is 2. The van der Waals surface area contributed by atoms with Crippen LogP contribution >= 0.6 is 0 Å². The predicted octanol–water partition coefficient (Wildman–Crippen LogP) is 1.15. The Morgan fingerprint density at radius 2 is 2.00 bits per heavy atom. The van der Waals surface area contributed by atoms with E-state index in [0.29, 0.717) is 5.69 Å². The molecular formula is C14H16N4O5. The summed E-state index contributed by atoms with van der Waals surface area (Å²) in [6.45, 7) is 0.253. The van der Waals surface area contributed by atoms with Crippen LogP contribution in [0.1, 0.15) is 0 Å². The maximum atomic E-state index is 11.9. The molecule has 1 amide bonds. The molecule has 1 aromatic carbocycles. The molecule has 0 heterocycles. The zero-order valence-electron chi connectivity index (χ0n) is 12.6. The molecule has 2 N–H and O–H groups in total. The van der Waals surface area contributed by atoms with Gasteiger partial charge in [-0.1, -0.05) is 0 Å². The van der Waals surface area contributed by atoms with E-state index < -0.39 is 17.1 Å². The molecule has 23 heavy (non-hydrogen) atoms. The van der Waals surface area contributed by atoms with Gasteiger partial charge in [0.15, 0.2) is 6.29 Å². The quantitative estimate of drug-likeness (QED) is 0.242. The standard InChI is InChI=1S/C14H16N4O5/c1-22-13(23-2)9-16-8-10(7-15)14(19)17-11-3-5-12(6-4-11)18(20)21/h3-6,8,13,16H,9H2,1-2H3,(H,17,19)/b10-8-. The van der Waals surface area contributed by atoms with Gasteiger partial charge in [-0.3, -0.25) is 14.9 Å². The van der Waals surface area contributed by atoms with Crippen LogP contribution in [0, 0.1) is 21.4 Å². The molecule has 0 bridgehead atoms. The van der Waals surface area contributed by atoms with Crippen molar-refractivity contribution >= 4 is 17.3 Å². The molecule has 0 aliphatic rings. The number of nitriles is 1. The molecule has 122 valence electrons. The topological polar surface area (TPSA) is 127 Å². The van der Waals surface area contributed by atoms with Gasteiger partial charge < -0.3 is 20.1 Å². The van der Waals surface area contributed by atoms with E-state index in [9.17, 15) is 14.9 Å². The zero-order valence-corrected chi connectivity index (χ0v) is 12.6. The summed E-state index contributed by atoms with van der Waals surface area (Å²) >= 11 is 0. The van der Waals surface area contributed by atoms with Gasteiger partial charge in [0.2, 0.25) is 0 Å². The Labute approximate surface area is 132 Å². The number of nitrogens with zero attached hydrogens (tertiary/aromatic N) is 2. The largest absolute Gasteiger partial charge is 0.385 e. The fourth-order valence-corrected chi connectivity index (χ4v) is 1.53. The molecule has 0 aromatic heterocycles. The third kappa shape index (κ3) is 5.74. The zero-order chi connectivity index (χ0) is 17.2. The highest BCUT2D eigenvalue weighted by atomic mass is 16.7. The second-order valence-electron chi connectivity index (χ2n) is 4.24. The van der Waals surface area contributed by atoms with Crippen LogP contribution < -0.4 is 10.6 Å². The van der Waals surface area contributed by atoms with Crippen molar-refractivity contribution in [1.29, 1.82) is 5.26 Å². The molecule has 0 radical (unpaired) electrons. The van der Waals surface area contributed by atoms with Crippen LogP contribution in [0.15, 0.2) is 36.0 Å². The normalized spacial score (nSPS) is 11.0. The average Bonchev–Trinajstić information content (AvgIpc) is 2.55. The maximum absolute atomic E-state index is 11.9. The number of rotatable bonds is 8. The van der Waals surface area contributed by atoms with Crippen molar-refractivity contribution in [2.45, 2.75) is 6.29 Å². The summed E-state index contributed by atoms with van der Waals surface area (Å²) in [7, 11) is 2.93. The fourth-order valence-electron chi connectivity index (χ4n) is 1.53. The minimum atomic E-state index is -0.639. The lowest BCUT2D eigenvalue weighted by Gasteiger charge is -2.12. The fraction of sp³-hybridized carbons (Fsp3) is 0.286. The number of hydrogen-bond acceptors (Lipinski definition) is 7. The Morgan fingerprint density at radius 3 is 2.48 bits per heavy atom. The summed E-state index contributed by atoms with van der Waals surface area (Å²) in [5, 5.41) is 24.8. The van der Waals surface area contributed by atoms with E-state index in [2.05, 4.69) is 10.6 Å². The third-order valence-electron chi connectivity index (χ3n) is 2.76. The van der Waals surface area contributed by atoms with Crippen LogP contribution in [0.5, 0.6) is 0 Å². The van der Waals surface area contributed by atoms with Crippen molar-refractivity contribution in [1.82, 2.24) is 5.32 Å². The van der Waals surface area contributed by atoms with E-state index in [1.54, 1.807) is 6.07 Å². The molecule has 0 saturated heterocycles. The summed E-state index contributed by atoms with van der Waals surface area (Å²) in [5.74, 6) is -0.639. The predicted molar refractivity (Wildman–Crippen MR) is 81.2 cm³/mol. The first kappa shape index (κ1) is 18.1. The van der Waals surface area contributed by atoms with Crippen molar-refractivity contribution in [3.05, 3.63) is 46.2 Å². The van der Waals surface area contributed by atoms with Gasteiger partial charge >= 0.3 is 0 Å². The Morgan fingerprint density at radius 1 is 1.39 bits per heavy atom. The van der Waals surface area contributed by atoms with Crippen LogP contribution in [0.4, 0.5) is 11.4 Å². The number of nitro groups is 1. The van der Waals surface area contributed by atoms with Crippen LogP contribution in [-0.2, 0) is 14.3 Å². The summed E-state index contributed by atoms with van der Waals surface area (Å²) in [4.78, 5) is 21.9. The van der Waals surface area contributed by atoms with E-state index in [4.69, 9.17) is 14.7 Å². The molecule has 9 heteroatoms. The monoisotopic (exact) mass is 320 g/mol. The van der Waals surface area contributed by atoms with Crippen LogP contribution in [0.25, 0.3) is 0 Å². The lowest BCUT2D eigenvalue weighted by atomic mass is 10.2. The minimum absolute atomic E-state index is 0.0918. The van der Waals surface area contributed by atoms with Crippen LogP contribution in [-0.4, -0.2) is 37.9 Å². The summed E-state index contributed by atoms with van der Waals surface area (Å²) in [6.07, 6.45) is 0.732. The van der Waals surface area contributed by atoms with Crippen molar-refractivity contribution < 1.29 is 19.2 Å². The Kier molecular flexibility index (Phi) is 7.19. The number of amides is 1. The highest BCUT2D eigenvalue weighted by Crippen LogP contribution is 2.15. The number of carbonyl (C=O) groups is 1. The highest BCUT2D eigenvalue weighted by molar-refractivity contribution is 6.06. The average molecular weight is 320 g/mol. The number of nitrogens with one attached hydrogen (secondary N) is 2. The molecule has 0 aliphatic carbocycles. The first-order valence-corrected chi connectivity index (χ1v) is 6.46. The number of anilines is 1. The van der Waals surface area contributed by atoms with E-state index in [0.717, 1.165) is 0 Å². The Bertz CT molecular complexity index is 617. The Hall–Kier alpha value is -2.96. The van der Waals surface area contributed by atoms with Crippen molar-refractivity contribution in [2.75, 3.05) is 26.1 Å². The number of methoxy groups -OCH3 is 2. The lowest BCUT2D eigenvalue weighted by molar-refractivity contribution is -0.384. The van der Waals surface area contributed by atoms with E-state index in [-0.39, 0.29) is 17.8 Å². The first-order valence-electron chi connectivity index (χ1n) is 6.46.